The quantitative estimate of drug-likeness (QED) is 0.837. The fourth-order valence-corrected chi connectivity index (χ4v) is 3.08. The van der Waals surface area contributed by atoms with E-state index in [9.17, 15) is 4.79 Å². The van der Waals surface area contributed by atoms with Crippen LogP contribution in [0.15, 0.2) is 54.6 Å². The van der Waals surface area contributed by atoms with Crippen molar-refractivity contribution in [2.24, 2.45) is 0 Å². The second-order valence-corrected chi connectivity index (χ2v) is 6.74. The van der Waals surface area contributed by atoms with Crippen molar-refractivity contribution in [1.29, 1.82) is 0 Å². The Labute approximate surface area is 150 Å². The largest absolute Gasteiger partial charge is 0.491 e. The summed E-state index contributed by atoms with van der Waals surface area (Å²) in [6.07, 6.45) is 0.138. The lowest BCUT2D eigenvalue weighted by Crippen LogP contribution is -2.48. The van der Waals surface area contributed by atoms with Crippen LogP contribution in [0.2, 0.25) is 0 Å². The molecule has 0 aromatic heterocycles. The molecule has 3 rings (SSSR count). The van der Waals surface area contributed by atoms with Crippen molar-refractivity contribution in [2.45, 2.75) is 26.5 Å². The molecule has 0 atom stereocenters. The minimum absolute atomic E-state index is 0.107. The van der Waals surface area contributed by atoms with Crippen LogP contribution >= 0.6 is 0 Å². The molecule has 4 heteroatoms. The highest BCUT2D eigenvalue weighted by Crippen LogP contribution is 2.16. The second-order valence-electron chi connectivity index (χ2n) is 6.74. The lowest BCUT2D eigenvalue weighted by molar-refractivity contribution is 0.0628. The topological polar surface area (TPSA) is 32.8 Å². The number of hydrogen-bond donors (Lipinski definition) is 0. The van der Waals surface area contributed by atoms with Gasteiger partial charge in [0.25, 0.3) is 5.91 Å². The van der Waals surface area contributed by atoms with Gasteiger partial charge in [0, 0.05) is 38.3 Å². The van der Waals surface area contributed by atoms with Crippen molar-refractivity contribution in [3.63, 3.8) is 0 Å². The van der Waals surface area contributed by atoms with Crippen molar-refractivity contribution >= 4 is 5.91 Å². The van der Waals surface area contributed by atoms with E-state index in [2.05, 4.69) is 29.2 Å². The smallest absolute Gasteiger partial charge is 0.253 e. The second kappa shape index (κ2) is 8.17. The zero-order valence-electron chi connectivity index (χ0n) is 15.0. The maximum Gasteiger partial charge on any atom is 0.253 e. The fourth-order valence-electron chi connectivity index (χ4n) is 3.08. The summed E-state index contributed by atoms with van der Waals surface area (Å²) in [4.78, 5) is 17.0. The molecule has 0 unspecified atom stereocenters. The van der Waals surface area contributed by atoms with Gasteiger partial charge in [-0.3, -0.25) is 9.69 Å². The van der Waals surface area contributed by atoms with E-state index in [-0.39, 0.29) is 12.0 Å². The summed E-state index contributed by atoms with van der Waals surface area (Å²) in [7, 11) is 0. The highest BCUT2D eigenvalue weighted by Gasteiger charge is 2.22. The number of carbonyl (C=O) groups is 1. The Kier molecular flexibility index (Phi) is 5.71. The molecule has 25 heavy (non-hydrogen) atoms. The summed E-state index contributed by atoms with van der Waals surface area (Å²) in [5.74, 6) is 0.912. The number of nitrogens with zero attached hydrogens (tertiary/aromatic N) is 2. The van der Waals surface area contributed by atoms with Gasteiger partial charge in [0.2, 0.25) is 0 Å². The third-order valence-corrected chi connectivity index (χ3v) is 4.38. The highest BCUT2D eigenvalue weighted by atomic mass is 16.5. The Morgan fingerprint density at radius 2 is 1.60 bits per heavy atom. The molecule has 132 valence electrons. The van der Waals surface area contributed by atoms with Crippen molar-refractivity contribution < 1.29 is 9.53 Å². The molecule has 0 aliphatic carbocycles. The summed E-state index contributed by atoms with van der Waals surface area (Å²) in [6, 6.07) is 17.9. The predicted molar refractivity (Wildman–Crippen MR) is 99.8 cm³/mol. The van der Waals surface area contributed by atoms with Gasteiger partial charge in [0.1, 0.15) is 5.75 Å². The van der Waals surface area contributed by atoms with Crippen LogP contribution in [-0.2, 0) is 6.54 Å². The predicted octanol–water partition coefficient (Wildman–Crippen LogP) is 3.43. The molecule has 2 aromatic rings. The molecule has 1 aliphatic rings. The average molecular weight is 338 g/mol. The zero-order chi connectivity index (χ0) is 17.6. The Bertz CT molecular complexity index is 675. The molecule has 4 nitrogen and oxygen atoms in total. The van der Waals surface area contributed by atoms with Gasteiger partial charge < -0.3 is 9.64 Å². The lowest BCUT2D eigenvalue weighted by atomic mass is 10.1. The first-order chi connectivity index (χ1) is 12.1. The van der Waals surface area contributed by atoms with Crippen LogP contribution in [-0.4, -0.2) is 48.0 Å². The van der Waals surface area contributed by atoms with Crippen LogP contribution in [0.4, 0.5) is 0 Å². The monoisotopic (exact) mass is 338 g/mol. The van der Waals surface area contributed by atoms with E-state index >= 15 is 0 Å². The van der Waals surface area contributed by atoms with E-state index in [4.69, 9.17) is 4.74 Å². The highest BCUT2D eigenvalue weighted by molar-refractivity contribution is 5.94. The maximum atomic E-state index is 12.7. The number of carbonyl (C=O) groups excluding carboxylic acids is 1. The Morgan fingerprint density at radius 3 is 2.20 bits per heavy atom. The van der Waals surface area contributed by atoms with Crippen LogP contribution in [0.3, 0.4) is 0 Å². The first-order valence-electron chi connectivity index (χ1n) is 8.94. The van der Waals surface area contributed by atoms with Gasteiger partial charge in [-0.05, 0) is 43.7 Å². The van der Waals surface area contributed by atoms with Gasteiger partial charge in [0.15, 0.2) is 0 Å². The molecule has 1 aliphatic heterocycles. The normalized spacial score (nSPS) is 15.4. The minimum Gasteiger partial charge on any atom is -0.491 e. The van der Waals surface area contributed by atoms with Gasteiger partial charge in [-0.15, -0.1) is 0 Å². The number of piperazine rings is 1. The zero-order valence-corrected chi connectivity index (χ0v) is 15.0. The SMILES string of the molecule is CC(C)Oc1ccc(C(=O)N2CCN(Cc3ccccc3)CC2)cc1. The van der Waals surface area contributed by atoms with Gasteiger partial charge in [-0.25, -0.2) is 0 Å². The first-order valence-corrected chi connectivity index (χ1v) is 8.94. The number of rotatable bonds is 5. The van der Waals surface area contributed by atoms with E-state index in [1.807, 2.05) is 49.1 Å². The Balaban J connectivity index is 1.52. The van der Waals surface area contributed by atoms with Crippen molar-refractivity contribution in [1.82, 2.24) is 9.80 Å². The Hall–Kier alpha value is -2.33. The van der Waals surface area contributed by atoms with Crippen molar-refractivity contribution in [2.75, 3.05) is 26.2 Å². The molecular formula is C21H26N2O2. The molecule has 0 radical (unpaired) electrons. The molecule has 1 heterocycles. The van der Waals surface area contributed by atoms with Gasteiger partial charge in [0.05, 0.1) is 6.10 Å². The molecule has 0 N–H and O–H groups in total. The molecule has 2 aromatic carbocycles. The number of ether oxygens (including phenoxy) is 1. The number of amides is 1. The van der Waals surface area contributed by atoms with Crippen LogP contribution < -0.4 is 4.74 Å². The maximum absolute atomic E-state index is 12.7. The van der Waals surface area contributed by atoms with Gasteiger partial charge >= 0.3 is 0 Å². The standard InChI is InChI=1S/C21H26N2O2/c1-17(2)25-20-10-8-19(9-11-20)21(24)23-14-12-22(13-15-23)16-18-6-4-3-5-7-18/h3-11,17H,12-16H2,1-2H3. The molecule has 1 fully saturated rings. The molecule has 1 saturated heterocycles. The van der Waals surface area contributed by atoms with E-state index < -0.39 is 0 Å². The van der Waals surface area contributed by atoms with E-state index in [1.165, 1.54) is 5.56 Å². The minimum atomic E-state index is 0.107. The van der Waals surface area contributed by atoms with Crippen LogP contribution in [0.5, 0.6) is 5.75 Å². The summed E-state index contributed by atoms with van der Waals surface area (Å²) in [6.45, 7) is 8.31. The summed E-state index contributed by atoms with van der Waals surface area (Å²) in [5.41, 5.74) is 2.05. The van der Waals surface area contributed by atoms with Crippen LogP contribution in [0.25, 0.3) is 0 Å². The van der Waals surface area contributed by atoms with Gasteiger partial charge in [-0.2, -0.15) is 0 Å². The first kappa shape index (κ1) is 17.5. The van der Waals surface area contributed by atoms with E-state index in [0.29, 0.717) is 0 Å². The summed E-state index contributed by atoms with van der Waals surface area (Å²) >= 11 is 0. The molecule has 0 spiro atoms. The third-order valence-electron chi connectivity index (χ3n) is 4.38. The average Bonchev–Trinajstić information content (AvgIpc) is 2.63. The van der Waals surface area contributed by atoms with Crippen molar-refractivity contribution in [3.8, 4) is 5.75 Å². The van der Waals surface area contributed by atoms with Crippen LogP contribution in [0.1, 0.15) is 29.8 Å². The van der Waals surface area contributed by atoms with E-state index in [1.54, 1.807) is 0 Å². The fraction of sp³-hybridized carbons (Fsp3) is 0.381. The van der Waals surface area contributed by atoms with Crippen LogP contribution in [0, 0.1) is 0 Å². The van der Waals surface area contributed by atoms with Gasteiger partial charge in [-0.1, -0.05) is 30.3 Å². The third kappa shape index (κ3) is 4.83. The molecule has 1 amide bonds. The summed E-state index contributed by atoms with van der Waals surface area (Å²) < 4.78 is 5.63. The molecule has 0 saturated carbocycles. The van der Waals surface area contributed by atoms with Crippen molar-refractivity contribution in [3.05, 3.63) is 65.7 Å². The number of hydrogen-bond acceptors (Lipinski definition) is 3. The lowest BCUT2D eigenvalue weighted by Gasteiger charge is -2.34. The number of benzene rings is 2. The Morgan fingerprint density at radius 1 is 0.960 bits per heavy atom. The molecular weight excluding hydrogens is 312 g/mol. The summed E-state index contributed by atoms with van der Waals surface area (Å²) in [5, 5.41) is 0. The van der Waals surface area contributed by atoms with E-state index in [0.717, 1.165) is 44.0 Å². The molecule has 0 bridgehead atoms.